The highest BCUT2D eigenvalue weighted by Gasteiger charge is 2.20. The van der Waals surface area contributed by atoms with Gasteiger partial charge in [0.15, 0.2) is 0 Å². The van der Waals surface area contributed by atoms with Crippen molar-refractivity contribution in [3.63, 3.8) is 0 Å². The first-order chi connectivity index (χ1) is 8.69. The minimum absolute atomic E-state index is 0.201. The molecule has 0 fully saturated rings. The SMILES string of the molecule is O=C(OC1=CCC(CS)C=C1)C1C=CC(O)=CC1. The maximum absolute atomic E-state index is 11.8. The standard InChI is InChI=1S/C14H16O3S/c15-12-5-3-11(4-6-12)14(16)17-13-7-1-10(9-18)2-8-13/h1,3,5-8,10-11,15,18H,2,4,9H2. The van der Waals surface area contributed by atoms with Gasteiger partial charge in [0.1, 0.15) is 11.5 Å². The largest absolute Gasteiger partial charge is 0.508 e. The summed E-state index contributed by atoms with van der Waals surface area (Å²) in [6.07, 6.45) is 11.9. The number of aliphatic hydroxyl groups excluding tert-OH is 1. The molecule has 0 heterocycles. The smallest absolute Gasteiger partial charge is 0.318 e. The van der Waals surface area contributed by atoms with Gasteiger partial charge >= 0.3 is 5.97 Å². The van der Waals surface area contributed by atoms with Gasteiger partial charge in [-0.3, -0.25) is 4.79 Å². The van der Waals surface area contributed by atoms with Crippen LogP contribution >= 0.6 is 12.6 Å². The van der Waals surface area contributed by atoms with Crippen LogP contribution in [0.2, 0.25) is 0 Å². The van der Waals surface area contributed by atoms with Crippen LogP contribution < -0.4 is 0 Å². The molecule has 1 N–H and O–H groups in total. The normalized spacial score (nSPS) is 26.5. The van der Waals surface area contributed by atoms with E-state index in [-0.39, 0.29) is 17.6 Å². The zero-order valence-electron chi connectivity index (χ0n) is 9.95. The lowest BCUT2D eigenvalue weighted by atomic mass is 10.00. The minimum Gasteiger partial charge on any atom is -0.508 e. The summed E-state index contributed by atoms with van der Waals surface area (Å²) in [6.45, 7) is 0. The van der Waals surface area contributed by atoms with Crippen molar-refractivity contribution in [2.24, 2.45) is 11.8 Å². The van der Waals surface area contributed by atoms with Crippen molar-refractivity contribution in [1.29, 1.82) is 0 Å². The van der Waals surface area contributed by atoms with Gasteiger partial charge in [0, 0.05) is 0 Å². The summed E-state index contributed by atoms with van der Waals surface area (Å²) in [4.78, 5) is 11.8. The number of thiol groups is 1. The van der Waals surface area contributed by atoms with Crippen molar-refractivity contribution >= 4 is 18.6 Å². The van der Waals surface area contributed by atoms with Gasteiger partial charge in [0.25, 0.3) is 0 Å². The molecule has 2 atom stereocenters. The molecule has 0 aliphatic heterocycles. The van der Waals surface area contributed by atoms with E-state index in [2.05, 4.69) is 12.6 Å². The Morgan fingerprint density at radius 1 is 1.33 bits per heavy atom. The van der Waals surface area contributed by atoms with Crippen LogP contribution in [0.1, 0.15) is 12.8 Å². The molecule has 0 aromatic carbocycles. The monoisotopic (exact) mass is 264 g/mol. The van der Waals surface area contributed by atoms with Crippen LogP contribution in [-0.4, -0.2) is 16.8 Å². The number of ether oxygens (including phenoxy) is 1. The number of allylic oxidation sites excluding steroid dienone is 5. The van der Waals surface area contributed by atoms with Gasteiger partial charge in [-0.05, 0) is 48.8 Å². The van der Waals surface area contributed by atoms with E-state index < -0.39 is 0 Å². The van der Waals surface area contributed by atoms with Gasteiger partial charge in [-0.15, -0.1) is 0 Å². The Balaban J connectivity index is 1.88. The van der Waals surface area contributed by atoms with Gasteiger partial charge in [0.2, 0.25) is 0 Å². The summed E-state index contributed by atoms with van der Waals surface area (Å²) < 4.78 is 5.31. The Morgan fingerprint density at radius 3 is 2.72 bits per heavy atom. The molecule has 0 aromatic heterocycles. The Kier molecular flexibility index (Phi) is 4.31. The Labute approximate surface area is 112 Å². The minimum atomic E-state index is -0.308. The van der Waals surface area contributed by atoms with E-state index in [1.54, 1.807) is 12.2 Å². The average Bonchev–Trinajstić information content (AvgIpc) is 2.40. The molecular weight excluding hydrogens is 248 g/mol. The highest BCUT2D eigenvalue weighted by Crippen LogP contribution is 2.21. The summed E-state index contributed by atoms with van der Waals surface area (Å²) in [5, 5.41) is 9.18. The van der Waals surface area contributed by atoms with Crippen LogP contribution in [0.5, 0.6) is 0 Å². The fourth-order valence-corrected chi connectivity index (χ4v) is 2.10. The second-order valence-electron chi connectivity index (χ2n) is 4.40. The lowest BCUT2D eigenvalue weighted by Gasteiger charge is -2.17. The molecule has 0 spiro atoms. The second-order valence-corrected chi connectivity index (χ2v) is 4.76. The van der Waals surface area contributed by atoms with Crippen LogP contribution in [0.4, 0.5) is 0 Å². The maximum atomic E-state index is 11.8. The van der Waals surface area contributed by atoms with Crippen molar-refractivity contribution in [2.45, 2.75) is 12.8 Å². The van der Waals surface area contributed by atoms with Crippen LogP contribution in [0.25, 0.3) is 0 Å². The molecule has 18 heavy (non-hydrogen) atoms. The van der Waals surface area contributed by atoms with Gasteiger partial charge in [0.05, 0.1) is 5.92 Å². The van der Waals surface area contributed by atoms with E-state index in [1.165, 1.54) is 6.08 Å². The third kappa shape index (κ3) is 3.29. The van der Waals surface area contributed by atoms with Crippen LogP contribution in [0, 0.1) is 11.8 Å². The van der Waals surface area contributed by atoms with Gasteiger partial charge in [-0.1, -0.05) is 12.2 Å². The summed E-state index contributed by atoms with van der Waals surface area (Å²) in [6, 6.07) is 0. The fraction of sp³-hybridized carbons (Fsp3) is 0.357. The van der Waals surface area contributed by atoms with E-state index in [1.807, 2.05) is 18.2 Å². The molecule has 2 aliphatic rings. The van der Waals surface area contributed by atoms with Crippen LogP contribution in [0.3, 0.4) is 0 Å². The molecule has 0 saturated heterocycles. The third-order valence-electron chi connectivity index (χ3n) is 2.99. The number of hydrogen-bond donors (Lipinski definition) is 2. The van der Waals surface area contributed by atoms with E-state index in [9.17, 15) is 9.90 Å². The predicted octanol–water partition coefficient (Wildman–Crippen LogP) is 2.94. The quantitative estimate of drug-likeness (QED) is 0.608. The first-order valence-electron chi connectivity index (χ1n) is 5.97. The van der Waals surface area contributed by atoms with Crippen LogP contribution in [0.15, 0.2) is 48.0 Å². The first kappa shape index (κ1) is 13.0. The highest BCUT2D eigenvalue weighted by atomic mass is 32.1. The molecule has 0 amide bonds. The topological polar surface area (TPSA) is 46.5 Å². The summed E-state index contributed by atoms with van der Waals surface area (Å²) in [5.41, 5.74) is 0. The lowest BCUT2D eigenvalue weighted by molar-refractivity contribution is -0.142. The average molecular weight is 264 g/mol. The number of hydrogen-bond acceptors (Lipinski definition) is 4. The van der Waals surface area contributed by atoms with Crippen molar-refractivity contribution < 1.29 is 14.6 Å². The van der Waals surface area contributed by atoms with Gasteiger partial charge < -0.3 is 9.84 Å². The fourth-order valence-electron chi connectivity index (χ4n) is 1.83. The molecule has 2 rings (SSSR count). The molecule has 3 nitrogen and oxygen atoms in total. The Morgan fingerprint density at radius 2 is 2.17 bits per heavy atom. The zero-order chi connectivity index (χ0) is 13.0. The Hall–Kier alpha value is -1.42. The lowest BCUT2D eigenvalue weighted by Crippen LogP contribution is -2.17. The molecule has 0 aromatic rings. The molecule has 2 aliphatic carbocycles. The third-order valence-corrected chi connectivity index (χ3v) is 3.46. The van der Waals surface area contributed by atoms with Gasteiger partial charge in [-0.2, -0.15) is 12.6 Å². The van der Waals surface area contributed by atoms with Crippen molar-refractivity contribution in [3.8, 4) is 0 Å². The molecule has 96 valence electrons. The first-order valence-corrected chi connectivity index (χ1v) is 6.60. The zero-order valence-corrected chi connectivity index (χ0v) is 10.8. The van der Waals surface area contributed by atoms with E-state index in [0.717, 1.165) is 12.2 Å². The Bertz CT molecular complexity index is 446. The van der Waals surface area contributed by atoms with Crippen molar-refractivity contribution in [3.05, 3.63) is 48.0 Å². The summed E-state index contributed by atoms with van der Waals surface area (Å²) in [5.74, 6) is 1.43. The van der Waals surface area contributed by atoms with Crippen molar-refractivity contribution in [2.75, 3.05) is 5.75 Å². The van der Waals surface area contributed by atoms with E-state index >= 15 is 0 Å². The molecule has 0 radical (unpaired) electrons. The van der Waals surface area contributed by atoms with Gasteiger partial charge in [-0.25, -0.2) is 0 Å². The van der Waals surface area contributed by atoms with Crippen molar-refractivity contribution in [1.82, 2.24) is 0 Å². The number of carbonyl (C=O) groups excluding carboxylic acids is 1. The number of carbonyl (C=O) groups is 1. The molecule has 0 saturated carbocycles. The summed E-state index contributed by atoms with van der Waals surface area (Å²) in [7, 11) is 0. The second kappa shape index (κ2) is 5.96. The highest BCUT2D eigenvalue weighted by molar-refractivity contribution is 7.80. The molecule has 0 bridgehead atoms. The molecular formula is C14H16O3S. The van der Waals surface area contributed by atoms with Crippen LogP contribution in [-0.2, 0) is 9.53 Å². The van der Waals surface area contributed by atoms with E-state index in [4.69, 9.17) is 4.74 Å². The molecule has 2 unspecified atom stereocenters. The summed E-state index contributed by atoms with van der Waals surface area (Å²) >= 11 is 4.23. The maximum Gasteiger partial charge on any atom is 0.318 e. The number of esters is 1. The number of rotatable bonds is 3. The number of aliphatic hydroxyl groups is 1. The predicted molar refractivity (Wildman–Crippen MR) is 73.2 cm³/mol. The molecule has 4 heteroatoms. The van der Waals surface area contributed by atoms with E-state index in [0.29, 0.717) is 18.1 Å².